The molecule has 0 aliphatic rings. The molecule has 3 rings (SSSR count). The maximum Gasteiger partial charge on any atom is 0.289 e. The van der Waals surface area contributed by atoms with Crippen LogP contribution in [0.2, 0.25) is 0 Å². The number of carbonyl (C=O) groups is 1. The number of hydrogen-bond donors (Lipinski definition) is 0. The van der Waals surface area contributed by atoms with Gasteiger partial charge in [-0.25, -0.2) is 4.68 Å². The van der Waals surface area contributed by atoms with Gasteiger partial charge in [-0.05, 0) is 44.2 Å². The molecule has 124 valence electrons. The molecule has 0 spiro atoms. The number of benzene rings is 1. The average Bonchev–Trinajstić information content (AvgIpc) is 3.19. The molecule has 0 aliphatic carbocycles. The van der Waals surface area contributed by atoms with E-state index in [1.165, 1.54) is 10.8 Å². The van der Waals surface area contributed by atoms with E-state index in [0.717, 1.165) is 15.7 Å². The number of nitriles is 1. The minimum atomic E-state index is -0.477. The van der Waals surface area contributed by atoms with Crippen molar-refractivity contribution in [1.29, 1.82) is 5.26 Å². The standard InChI is InChI=1S/C19H14BrN3O2/c1-12-9-13(2)23(22-12)19(24)15(11-21)10-17-7-8-18(25-17)14-3-5-16(20)6-4-14/h3-10H,1-2H3/b15-10+. The Hall–Kier alpha value is -2.91. The van der Waals surface area contributed by atoms with Gasteiger partial charge in [0.05, 0.1) is 5.69 Å². The second-order valence-electron chi connectivity index (χ2n) is 5.52. The monoisotopic (exact) mass is 395 g/mol. The second-order valence-corrected chi connectivity index (χ2v) is 6.44. The Morgan fingerprint density at radius 3 is 2.56 bits per heavy atom. The third kappa shape index (κ3) is 3.62. The van der Waals surface area contributed by atoms with Gasteiger partial charge in [0.2, 0.25) is 0 Å². The second kappa shape index (κ2) is 6.91. The normalized spacial score (nSPS) is 11.4. The first-order valence-electron chi connectivity index (χ1n) is 7.53. The van der Waals surface area contributed by atoms with Crippen molar-refractivity contribution in [1.82, 2.24) is 9.78 Å². The Morgan fingerprint density at radius 2 is 1.96 bits per heavy atom. The number of hydrogen-bond acceptors (Lipinski definition) is 4. The van der Waals surface area contributed by atoms with Crippen molar-refractivity contribution in [2.45, 2.75) is 13.8 Å². The number of aryl methyl sites for hydroxylation is 2. The van der Waals surface area contributed by atoms with E-state index in [1.807, 2.05) is 30.3 Å². The number of nitrogens with zero attached hydrogens (tertiary/aromatic N) is 3. The van der Waals surface area contributed by atoms with Gasteiger partial charge in [0, 0.05) is 21.8 Å². The van der Waals surface area contributed by atoms with Gasteiger partial charge in [0.25, 0.3) is 5.91 Å². The SMILES string of the molecule is Cc1cc(C)n(C(=O)/C(C#N)=C/c2ccc(-c3ccc(Br)cc3)o2)n1. The fourth-order valence-electron chi connectivity index (χ4n) is 2.43. The van der Waals surface area contributed by atoms with E-state index < -0.39 is 5.91 Å². The summed E-state index contributed by atoms with van der Waals surface area (Å²) in [6, 6.07) is 14.9. The molecule has 0 saturated carbocycles. The molecule has 1 aromatic carbocycles. The number of carbonyl (C=O) groups excluding carboxylic acids is 1. The Kier molecular flexibility index (Phi) is 4.68. The lowest BCUT2D eigenvalue weighted by Crippen LogP contribution is -2.15. The molecule has 0 N–H and O–H groups in total. The van der Waals surface area contributed by atoms with Gasteiger partial charge < -0.3 is 4.42 Å². The van der Waals surface area contributed by atoms with Gasteiger partial charge in [0.1, 0.15) is 23.2 Å². The van der Waals surface area contributed by atoms with Gasteiger partial charge in [-0.1, -0.05) is 28.1 Å². The van der Waals surface area contributed by atoms with Crippen LogP contribution in [0.5, 0.6) is 0 Å². The Bertz CT molecular complexity index is 1000. The van der Waals surface area contributed by atoms with E-state index in [9.17, 15) is 10.1 Å². The summed E-state index contributed by atoms with van der Waals surface area (Å²) in [6.07, 6.45) is 1.43. The topological polar surface area (TPSA) is 71.8 Å². The minimum absolute atomic E-state index is 0.0390. The molecule has 5 nitrogen and oxygen atoms in total. The maximum absolute atomic E-state index is 12.5. The largest absolute Gasteiger partial charge is 0.457 e. The van der Waals surface area contributed by atoms with Crippen LogP contribution in [0.15, 0.2) is 56.9 Å². The maximum atomic E-state index is 12.5. The van der Waals surface area contributed by atoms with Crippen LogP contribution in [0, 0.1) is 25.2 Å². The summed E-state index contributed by atoms with van der Waals surface area (Å²) >= 11 is 3.39. The Morgan fingerprint density at radius 1 is 1.24 bits per heavy atom. The molecule has 0 bridgehead atoms. The van der Waals surface area contributed by atoms with E-state index in [2.05, 4.69) is 21.0 Å². The summed E-state index contributed by atoms with van der Waals surface area (Å²) in [5.74, 6) is 0.619. The van der Waals surface area contributed by atoms with Crippen LogP contribution in [0.4, 0.5) is 0 Å². The molecule has 3 aromatic rings. The fourth-order valence-corrected chi connectivity index (χ4v) is 2.70. The number of rotatable bonds is 3. The predicted octanol–water partition coefficient (Wildman–Crippen LogP) is 4.77. The first-order valence-corrected chi connectivity index (χ1v) is 8.33. The van der Waals surface area contributed by atoms with Crippen molar-refractivity contribution in [3.8, 4) is 17.4 Å². The van der Waals surface area contributed by atoms with Crippen LogP contribution in [0.3, 0.4) is 0 Å². The highest BCUT2D eigenvalue weighted by Gasteiger charge is 2.16. The molecule has 0 atom stereocenters. The van der Waals surface area contributed by atoms with Gasteiger partial charge in [-0.15, -0.1) is 0 Å². The summed E-state index contributed by atoms with van der Waals surface area (Å²) in [7, 11) is 0. The quantitative estimate of drug-likeness (QED) is 0.472. The van der Waals surface area contributed by atoms with Crippen LogP contribution in [0.1, 0.15) is 21.9 Å². The molecule has 2 heterocycles. The van der Waals surface area contributed by atoms with E-state index in [4.69, 9.17) is 4.42 Å². The zero-order chi connectivity index (χ0) is 18.0. The van der Waals surface area contributed by atoms with E-state index in [1.54, 1.807) is 32.0 Å². The molecule has 0 fully saturated rings. The van der Waals surface area contributed by atoms with Crippen molar-refractivity contribution < 1.29 is 9.21 Å². The summed E-state index contributed by atoms with van der Waals surface area (Å²) in [4.78, 5) is 12.5. The van der Waals surface area contributed by atoms with Crippen molar-refractivity contribution >= 4 is 27.9 Å². The van der Waals surface area contributed by atoms with Crippen molar-refractivity contribution in [2.24, 2.45) is 0 Å². The van der Waals surface area contributed by atoms with Crippen molar-refractivity contribution in [3.05, 3.63) is 69.7 Å². The first-order chi connectivity index (χ1) is 12.0. The van der Waals surface area contributed by atoms with Gasteiger partial charge in [-0.3, -0.25) is 4.79 Å². The predicted molar refractivity (Wildman–Crippen MR) is 97.8 cm³/mol. The lowest BCUT2D eigenvalue weighted by atomic mass is 10.2. The molecule has 25 heavy (non-hydrogen) atoms. The van der Waals surface area contributed by atoms with Crippen LogP contribution >= 0.6 is 15.9 Å². The molecule has 6 heteroatoms. The third-order valence-electron chi connectivity index (χ3n) is 3.59. The molecule has 0 saturated heterocycles. The molecular weight excluding hydrogens is 382 g/mol. The Balaban J connectivity index is 1.91. The number of allylic oxidation sites excluding steroid dienone is 1. The zero-order valence-electron chi connectivity index (χ0n) is 13.7. The van der Waals surface area contributed by atoms with Crippen LogP contribution < -0.4 is 0 Å². The van der Waals surface area contributed by atoms with Gasteiger partial charge in [0.15, 0.2) is 0 Å². The lowest BCUT2D eigenvalue weighted by molar-refractivity contribution is 0.0943. The number of halogens is 1. The van der Waals surface area contributed by atoms with Gasteiger partial charge in [-0.2, -0.15) is 10.4 Å². The van der Waals surface area contributed by atoms with Crippen LogP contribution in [-0.2, 0) is 0 Å². The summed E-state index contributed by atoms with van der Waals surface area (Å²) in [5.41, 5.74) is 2.27. The molecule has 0 aliphatic heterocycles. The molecule has 0 unspecified atom stereocenters. The molecule has 0 radical (unpaired) electrons. The van der Waals surface area contributed by atoms with Gasteiger partial charge >= 0.3 is 0 Å². The molecule has 2 aromatic heterocycles. The molecule has 0 amide bonds. The lowest BCUT2D eigenvalue weighted by Gasteiger charge is -2.01. The average molecular weight is 396 g/mol. The third-order valence-corrected chi connectivity index (χ3v) is 4.12. The van der Waals surface area contributed by atoms with Crippen molar-refractivity contribution in [3.63, 3.8) is 0 Å². The smallest absolute Gasteiger partial charge is 0.289 e. The molecular formula is C19H14BrN3O2. The number of furan rings is 1. The zero-order valence-corrected chi connectivity index (χ0v) is 15.2. The van der Waals surface area contributed by atoms with E-state index in [0.29, 0.717) is 17.2 Å². The number of aromatic nitrogens is 2. The highest BCUT2D eigenvalue weighted by atomic mass is 79.9. The van der Waals surface area contributed by atoms with E-state index >= 15 is 0 Å². The Labute approximate surface area is 153 Å². The van der Waals surface area contributed by atoms with Crippen LogP contribution in [0.25, 0.3) is 17.4 Å². The fraction of sp³-hybridized carbons (Fsp3) is 0.105. The van der Waals surface area contributed by atoms with Crippen LogP contribution in [-0.4, -0.2) is 15.7 Å². The first kappa shape index (κ1) is 16.9. The summed E-state index contributed by atoms with van der Waals surface area (Å²) in [5, 5.41) is 13.5. The highest BCUT2D eigenvalue weighted by Crippen LogP contribution is 2.25. The van der Waals surface area contributed by atoms with E-state index in [-0.39, 0.29) is 5.57 Å². The summed E-state index contributed by atoms with van der Waals surface area (Å²) in [6.45, 7) is 3.56. The highest BCUT2D eigenvalue weighted by molar-refractivity contribution is 9.10. The minimum Gasteiger partial charge on any atom is -0.457 e. The van der Waals surface area contributed by atoms with Crippen molar-refractivity contribution in [2.75, 3.05) is 0 Å². The summed E-state index contributed by atoms with van der Waals surface area (Å²) < 4.78 is 7.94.